The number of aromatic nitrogens is 2. The number of amides is 1. The Labute approximate surface area is 167 Å². The van der Waals surface area contributed by atoms with Crippen molar-refractivity contribution in [2.75, 3.05) is 19.7 Å². The maximum atomic E-state index is 12.4. The number of pyridine rings is 1. The number of carbonyl (C=O) groups is 3. The smallest absolute Gasteiger partial charge is 0.310 e. The number of fused-ring (bicyclic) bond motifs is 1. The SMILES string of the molecule is O=C(Cc1cccc2cccnc12)OCC(=O)c1c[nH]c(C(=O)N2CCCC2)c1. The molecule has 1 N–H and O–H groups in total. The first-order valence-electron chi connectivity index (χ1n) is 9.61. The molecule has 0 radical (unpaired) electrons. The number of nitrogens with zero attached hydrogens (tertiary/aromatic N) is 2. The van der Waals surface area contributed by atoms with Gasteiger partial charge in [0.1, 0.15) is 5.69 Å². The average molecular weight is 391 g/mol. The molecule has 7 heteroatoms. The summed E-state index contributed by atoms with van der Waals surface area (Å²) < 4.78 is 5.16. The van der Waals surface area contributed by atoms with Crippen molar-refractivity contribution in [2.24, 2.45) is 0 Å². The molecule has 1 fully saturated rings. The van der Waals surface area contributed by atoms with Crippen LogP contribution in [-0.2, 0) is 16.0 Å². The third kappa shape index (κ3) is 4.18. The minimum Gasteiger partial charge on any atom is -0.457 e. The number of carbonyl (C=O) groups excluding carboxylic acids is 3. The van der Waals surface area contributed by atoms with E-state index in [9.17, 15) is 14.4 Å². The molecule has 0 atom stereocenters. The fraction of sp³-hybridized carbons (Fsp3) is 0.273. The zero-order chi connectivity index (χ0) is 20.2. The van der Waals surface area contributed by atoms with E-state index in [-0.39, 0.29) is 24.7 Å². The zero-order valence-corrected chi connectivity index (χ0v) is 15.9. The Bertz CT molecular complexity index is 1060. The van der Waals surface area contributed by atoms with E-state index in [4.69, 9.17) is 4.74 Å². The second kappa shape index (κ2) is 8.26. The molecule has 29 heavy (non-hydrogen) atoms. The number of rotatable bonds is 6. The van der Waals surface area contributed by atoms with Gasteiger partial charge in [0.05, 0.1) is 11.9 Å². The van der Waals surface area contributed by atoms with Crippen LogP contribution < -0.4 is 0 Å². The van der Waals surface area contributed by atoms with Gasteiger partial charge in [0.2, 0.25) is 5.78 Å². The first kappa shape index (κ1) is 18.9. The second-order valence-electron chi connectivity index (χ2n) is 7.05. The van der Waals surface area contributed by atoms with Crippen LogP contribution in [0.3, 0.4) is 0 Å². The summed E-state index contributed by atoms with van der Waals surface area (Å²) in [6, 6.07) is 10.9. The highest BCUT2D eigenvalue weighted by molar-refractivity contribution is 6.01. The van der Waals surface area contributed by atoms with Crippen LogP contribution in [0.15, 0.2) is 48.8 Å². The molecule has 4 rings (SSSR count). The summed E-state index contributed by atoms with van der Waals surface area (Å²) >= 11 is 0. The second-order valence-corrected chi connectivity index (χ2v) is 7.05. The molecular weight excluding hydrogens is 370 g/mol. The quantitative estimate of drug-likeness (QED) is 0.515. The number of benzene rings is 1. The van der Waals surface area contributed by atoms with Crippen molar-refractivity contribution in [3.8, 4) is 0 Å². The number of nitrogens with one attached hydrogen (secondary N) is 1. The van der Waals surface area contributed by atoms with Crippen molar-refractivity contribution in [1.29, 1.82) is 0 Å². The molecule has 0 spiro atoms. The van der Waals surface area contributed by atoms with Crippen LogP contribution >= 0.6 is 0 Å². The van der Waals surface area contributed by atoms with Crippen molar-refractivity contribution in [3.63, 3.8) is 0 Å². The summed E-state index contributed by atoms with van der Waals surface area (Å²) in [5.41, 5.74) is 2.20. The number of para-hydroxylation sites is 1. The Balaban J connectivity index is 1.34. The maximum Gasteiger partial charge on any atom is 0.310 e. The van der Waals surface area contributed by atoms with Crippen LogP contribution in [0.1, 0.15) is 39.3 Å². The summed E-state index contributed by atoms with van der Waals surface area (Å²) in [6.07, 6.45) is 5.19. The zero-order valence-electron chi connectivity index (χ0n) is 15.9. The minimum absolute atomic E-state index is 0.0352. The van der Waals surface area contributed by atoms with Crippen LogP contribution in [0.25, 0.3) is 10.9 Å². The molecule has 3 heterocycles. The van der Waals surface area contributed by atoms with E-state index in [1.54, 1.807) is 11.1 Å². The van der Waals surface area contributed by atoms with Crippen molar-refractivity contribution >= 4 is 28.6 Å². The number of H-pyrrole nitrogens is 1. The highest BCUT2D eigenvalue weighted by Crippen LogP contribution is 2.17. The molecule has 0 bridgehead atoms. The van der Waals surface area contributed by atoms with Crippen LogP contribution in [0.2, 0.25) is 0 Å². The van der Waals surface area contributed by atoms with Crippen LogP contribution in [0.5, 0.6) is 0 Å². The molecule has 2 aromatic heterocycles. The number of Topliss-reactive ketones (excluding diaryl/α,β-unsaturated/α-hetero) is 1. The standard InChI is InChI=1S/C22H21N3O4/c26-19(17-11-18(24-13-17)22(28)25-9-1-2-10-25)14-29-20(27)12-16-6-3-5-15-7-4-8-23-21(15)16/h3-8,11,13,24H,1-2,9-10,12,14H2. The molecule has 148 valence electrons. The lowest BCUT2D eigenvalue weighted by Crippen LogP contribution is -2.27. The van der Waals surface area contributed by atoms with Gasteiger partial charge in [-0.15, -0.1) is 0 Å². The molecule has 3 aromatic rings. The van der Waals surface area contributed by atoms with Gasteiger partial charge in [0.25, 0.3) is 5.91 Å². The molecule has 1 saturated heterocycles. The van der Waals surface area contributed by atoms with E-state index in [1.165, 1.54) is 12.3 Å². The first-order chi connectivity index (χ1) is 14.1. The van der Waals surface area contributed by atoms with Crippen molar-refractivity contribution < 1.29 is 19.1 Å². The molecule has 0 saturated carbocycles. The molecule has 1 aromatic carbocycles. The number of ketones is 1. The van der Waals surface area contributed by atoms with E-state index in [0.717, 1.165) is 42.4 Å². The Kier molecular flexibility index (Phi) is 5.37. The number of likely N-dealkylation sites (tertiary alicyclic amines) is 1. The average Bonchev–Trinajstić information content (AvgIpc) is 3.44. The summed E-state index contributed by atoms with van der Waals surface area (Å²) in [5.74, 6) is -0.964. The molecule has 1 aliphatic heterocycles. The third-order valence-electron chi connectivity index (χ3n) is 5.04. The highest BCUT2D eigenvalue weighted by Gasteiger charge is 2.22. The highest BCUT2D eigenvalue weighted by atomic mass is 16.5. The lowest BCUT2D eigenvalue weighted by atomic mass is 10.1. The fourth-order valence-corrected chi connectivity index (χ4v) is 3.52. The van der Waals surface area contributed by atoms with Gasteiger partial charge in [-0.1, -0.05) is 24.3 Å². The first-order valence-corrected chi connectivity index (χ1v) is 9.61. The molecular formula is C22H21N3O4. The van der Waals surface area contributed by atoms with Crippen LogP contribution in [0, 0.1) is 0 Å². The van der Waals surface area contributed by atoms with Gasteiger partial charge in [-0.25, -0.2) is 0 Å². The lowest BCUT2D eigenvalue weighted by Gasteiger charge is -2.13. The van der Waals surface area contributed by atoms with Gasteiger partial charge >= 0.3 is 5.97 Å². The van der Waals surface area contributed by atoms with E-state index in [0.29, 0.717) is 11.3 Å². The van der Waals surface area contributed by atoms with E-state index < -0.39 is 5.97 Å². The van der Waals surface area contributed by atoms with E-state index in [2.05, 4.69) is 9.97 Å². The molecule has 0 unspecified atom stereocenters. The molecule has 1 amide bonds. The topological polar surface area (TPSA) is 92.4 Å². The van der Waals surface area contributed by atoms with Crippen molar-refractivity contribution in [3.05, 3.63) is 65.6 Å². The fourth-order valence-electron chi connectivity index (χ4n) is 3.52. The number of aromatic amines is 1. The summed E-state index contributed by atoms with van der Waals surface area (Å²) in [7, 11) is 0. The Morgan fingerprint density at radius 2 is 1.90 bits per heavy atom. The number of esters is 1. The van der Waals surface area contributed by atoms with Crippen molar-refractivity contribution in [2.45, 2.75) is 19.3 Å². The van der Waals surface area contributed by atoms with Gasteiger partial charge in [-0.2, -0.15) is 0 Å². The largest absolute Gasteiger partial charge is 0.457 e. The maximum absolute atomic E-state index is 12.4. The van der Waals surface area contributed by atoms with Crippen LogP contribution in [-0.4, -0.2) is 52.2 Å². The van der Waals surface area contributed by atoms with Gasteiger partial charge in [0.15, 0.2) is 6.61 Å². The normalized spacial score (nSPS) is 13.6. The third-order valence-corrected chi connectivity index (χ3v) is 5.04. The number of ether oxygens (including phenoxy) is 1. The predicted molar refractivity (Wildman–Crippen MR) is 107 cm³/mol. The molecule has 0 aliphatic carbocycles. The Morgan fingerprint density at radius 3 is 2.72 bits per heavy atom. The Hall–Kier alpha value is -3.48. The molecule has 1 aliphatic rings. The molecule has 7 nitrogen and oxygen atoms in total. The number of hydrogen-bond donors (Lipinski definition) is 1. The van der Waals surface area contributed by atoms with Gasteiger partial charge in [-0.05, 0) is 30.5 Å². The van der Waals surface area contributed by atoms with Crippen LogP contribution in [0.4, 0.5) is 0 Å². The summed E-state index contributed by atoms with van der Waals surface area (Å²) in [6.45, 7) is 1.11. The lowest BCUT2D eigenvalue weighted by molar-refractivity contribution is -0.141. The minimum atomic E-state index is -0.500. The van der Waals surface area contributed by atoms with E-state index in [1.807, 2.05) is 30.3 Å². The van der Waals surface area contributed by atoms with Gasteiger partial charge in [-0.3, -0.25) is 19.4 Å². The Morgan fingerprint density at radius 1 is 1.10 bits per heavy atom. The van der Waals surface area contributed by atoms with Crippen molar-refractivity contribution in [1.82, 2.24) is 14.9 Å². The summed E-state index contributed by atoms with van der Waals surface area (Å²) in [4.78, 5) is 45.8. The monoisotopic (exact) mass is 391 g/mol. The van der Waals surface area contributed by atoms with Gasteiger partial charge < -0.3 is 14.6 Å². The van der Waals surface area contributed by atoms with E-state index >= 15 is 0 Å². The predicted octanol–water partition coefficient (Wildman–Crippen LogP) is 2.77. The summed E-state index contributed by atoms with van der Waals surface area (Å²) in [5, 5.41) is 0.941. The van der Waals surface area contributed by atoms with Gasteiger partial charge in [0, 0.05) is 36.4 Å². The number of hydrogen-bond acceptors (Lipinski definition) is 5.